The number of aryl methyl sites for hydroxylation is 1. The lowest BCUT2D eigenvalue weighted by molar-refractivity contribution is -0.141. The van der Waals surface area contributed by atoms with Crippen molar-refractivity contribution in [3.8, 4) is 0 Å². The number of carboxylic acids is 1. The highest BCUT2D eigenvalue weighted by molar-refractivity contribution is 5.72. The zero-order valence-corrected chi connectivity index (χ0v) is 10.9. The molecular formula is C14H17N3O2. The number of aromatic nitrogens is 3. The van der Waals surface area contributed by atoms with Crippen molar-refractivity contribution in [3.05, 3.63) is 48.0 Å². The molecule has 1 N–H and O–H groups in total. The van der Waals surface area contributed by atoms with Gasteiger partial charge in [-0.1, -0.05) is 37.3 Å². The first-order valence-corrected chi connectivity index (χ1v) is 6.37. The molecule has 0 radical (unpaired) electrons. The summed E-state index contributed by atoms with van der Waals surface area (Å²) in [4.78, 5) is 11.5. The molecule has 0 fully saturated rings. The largest absolute Gasteiger partial charge is 0.480 e. The third-order valence-corrected chi connectivity index (χ3v) is 3.01. The number of hydrogen-bond acceptors (Lipinski definition) is 3. The van der Waals surface area contributed by atoms with Gasteiger partial charge in [-0.25, -0.2) is 4.79 Å². The summed E-state index contributed by atoms with van der Waals surface area (Å²) < 4.78 is 1.67. The monoisotopic (exact) mass is 259 g/mol. The van der Waals surface area contributed by atoms with Crippen molar-refractivity contribution in [3.63, 3.8) is 0 Å². The van der Waals surface area contributed by atoms with Crippen LogP contribution in [0.4, 0.5) is 0 Å². The molecular weight excluding hydrogens is 242 g/mol. The molecule has 1 unspecified atom stereocenters. The third-order valence-electron chi connectivity index (χ3n) is 3.01. The van der Waals surface area contributed by atoms with Crippen molar-refractivity contribution < 1.29 is 9.90 Å². The van der Waals surface area contributed by atoms with Crippen LogP contribution in [0.2, 0.25) is 0 Å². The zero-order valence-electron chi connectivity index (χ0n) is 10.9. The molecule has 0 aliphatic rings. The Morgan fingerprint density at radius 2 is 2.11 bits per heavy atom. The van der Waals surface area contributed by atoms with Gasteiger partial charge in [0.1, 0.15) is 18.2 Å². The number of aliphatic carboxylic acids is 1. The topological polar surface area (TPSA) is 68.0 Å². The standard InChI is InChI=1S/C14H17N3O2/c1-2-6-13-16-15-10-17(13)12(14(18)19)9-11-7-4-3-5-8-11/h3-5,7-8,10,12H,2,6,9H2,1H3,(H,18,19). The molecule has 2 rings (SSSR count). The lowest BCUT2D eigenvalue weighted by Gasteiger charge is -2.15. The average Bonchev–Trinajstić information content (AvgIpc) is 2.85. The summed E-state index contributed by atoms with van der Waals surface area (Å²) in [5.74, 6) is -0.133. The molecule has 0 spiro atoms. The minimum Gasteiger partial charge on any atom is -0.480 e. The van der Waals surface area contributed by atoms with Gasteiger partial charge in [-0.15, -0.1) is 10.2 Å². The Kier molecular flexibility index (Phi) is 4.28. The first kappa shape index (κ1) is 13.3. The molecule has 2 aromatic rings. The van der Waals surface area contributed by atoms with E-state index in [2.05, 4.69) is 10.2 Å². The van der Waals surface area contributed by atoms with Crippen LogP contribution in [0.15, 0.2) is 36.7 Å². The lowest BCUT2D eigenvalue weighted by atomic mass is 10.1. The SMILES string of the molecule is CCCc1nncn1C(Cc1ccccc1)C(=O)O. The number of hydrogen-bond donors (Lipinski definition) is 1. The van der Waals surface area contributed by atoms with Crippen molar-refractivity contribution >= 4 is 5.97 Å². The minimum atomic E-state index is -0.860. The molecule has 0 saturated heterocycles. The van der Waals surface area contributed by atoms with E-state index < -0.39 is 12.0 Å². The fraction of sp³-hybridized carbons (Fsp3) is 0.357. The van der Waals surface area contributed by atoms with Crippen molar-refractivity contribution in [2.24, 2.45) is 0 Å². The molecule has 1 atom stereocenters. The fourth-order valence-corrected chi connectivity index (χ4v) is 2.07. The summed E-state index contributed by atoms with van der Waals surface area (Å²) >= 11 is 0. The second kappa shape index (κ2) is 6.13. The minimum absolute atomic E-state index is 0.435. The highest BCUT2D eigenvalue weighted by Crippen LogP contribution is 2.17. The molecule has 0 amide bonds. The molecule has 1 aromatic heterocycles. The summed E-state index contributed by atoms with van der Waals surface area (Å²) in [6, 6.07) is 8.94. The molecule has 0 aliphatic heterocycles. The lowest BCUT2D eigenvalue weighted by Crippen LogP contribution is -2.22. The van der Waals surface area contributed by atoms with Crippen LogP contribution in [0.3, 0.4) is 0 Å². The molecule has 0 bridgehead atoms. The van der Waals surface area contributed by atoms with E-state index in [0.29, 0.717) is 6.42 Å². The summed E-state index contributed by atoms with van der Waals surface area (Å²) in [7, 11) is 0. The second-order valence-corrected chi connectivity index (χ2v) is 4.45. The van der Waals surface area contributed by atoms with E-state index in [1.807, 2.05) is 37.3 Å². The van der Waals surface area contributed by atoms with Crippen LogP contribution < -0.4 is 0 Å². The number of carboxylic acid groups (broad SMARTS) is 1. The van der Waals surface area contributed by atoms with Gasteiger partial charge in [-0.2, -0.15) is 0 Å². The van der Waals surface area contributed by atoms with Gasteiger partial charge in [-0.3, -0.25) is 0 Å². The first-order valence-electron chi connectivity index (χ1n) is 6.37. The van der Waals surface area contributed by atoms with Crippen molar-refractivity contribution in [1.82, 2.24) is 14.8 Å². The molecule has 19 heavy (non-hydrogen) atoms. The summed E-state index contributed by atoms with van der Waals surface area (Å²) in [6.45, 7) is 2.03. The fourth-order valence-electron chi connectivity index (χ4n) is 2.07. The van der Waals surface area contributed by atoms with Gasteiger partial charge in [-0.05, 0) is 12.0 Å². The van der Waals surface area contributed by atoms with Crippen LogP contribution in [0.1, 0.15) is 30.8 Å². The number of nitrogens with zero attached hydrogens (tertiary/aromatic N) is 3. The van der Waals surface area contributed by atoms with Crippen LogP contribution in [-0.4, -0.2) is 25.8 Å². The van der Waals surface area contributed by atoms with E-state index in [9.17, 15) is 9.90 Å². The van der Waals surface area contributed by atoms with Crippen LogP contribution in [0.25, 0.3) is 0 Å². The number of rotatable bonds is 6. The van der Waals surface area contributed by atoms with Crippen LogP contribution in [0.5, 0.6) is 0 Å². The normalized spacial score (nSPS) is 12.3. The Morgan fingerprint density at radius 1 is 1.37 bits per heavy atom. The smallest absolute Gasteiger partial charge is 0.327 e. The highest BCUT2D eigenvalue weighted by Gasteiger charge is 2.22. The second-order valence-electron chi connectivity index (χ2n) is 4.45. The van der Waals surface area contributed by atoms with Crippen molar-refractivity contribution in [2.45, 2.75) is 32.2 Å². The van der Waals surface area contributed by atoms with E-state index in [1.54, 1.807) is 4.57 Å². The van der Waals surface area contributed by atoms with E-state index in [4.69, 9.17) is 0 Å². The Bertz CT molecular complexity index is 537. The Hall–Kier alpha value is -2.17. The molecule has 0 saturated carbocycles. The Labute approximate surface area is 111 Å². The maximum absolute atomic E-state index is 11.5. The average molecular weight is 259 g/mol. The summed E-state index contributed by atoms with van der Waals surface area (Å²) in [5, 5.41) is 17.3. The summed E-state index contributed by atoms with van der Waals surface area (Å²) in [6.07, 6.45) is 3.59. The van der Waals surface area contributed by atoms with E-state index in [0.717, 1.165) is 24.2 Å². The third kappa shape index (κ3) is 3.19. The van der Waals surface area contributed by atoms with Gasteiger partial charge in [0.15, 0.2) is 0 Å². The van der Waals surface area contributed by atoms with Crippen molar-refractivity contribution in [1.29, 1.82) is 0 Å². The van der Waals surface area contributed by atoms with Gasteiger partial charge in [0.2, 0.25) is 0 Å². The quantitative estimate of drug-likeness (QED) is 0.862. The molecule has 100 valence electrons. The number of benzene rings is 1. The van der Waals surface area contributed by atoms with Gasteiger partial charge in [0.05, 0.1) is 0 Å². The van der Waals surface area contributed by atoms with E-state index in [-0.39, 0.29) is 0 Å². The number of carbonyl (C=O) groups is 1. The van der Waals surface area contributed by atoms with Crippen molar-refractivity contribution in [2.75, 3.05) is 0 Å². The van der Waals surface area contributed by atoms with E-state index in [1.165, 1.54) is 6.33 Å². The van der Waals surface area contributed by atoms with E-state index >= 15 is 0 Å². The maximum Gasteiger partial charge on any atom is 0.327 e. The molecule has 1 aromatic carbocycles. The molecule has 5 nitrogen and oxygen atoms in total. The zero-order chi connectivity index (χ0) is 13.7. The summed E-state index contributed by atoms with van der Waals surface area (Å²) in [5.41, 5.74) is 0.992. The van der Waals surface area contributed by atoms with Crippen LogP contribution >= 0.6 is 0 Å². The van der Waals surface area contributed by atoms with Crippen LogP contribution in [-0.2, 0) is 17.6 Å². The predicted octanol–water partition coefficient (Wildman–Crippen LogP) is 2.10. The van der Waals surface area contributed by atoms with Gasteiger partial charge in [0, 0.05) is 12.8 Å². The molecule has 0 aliphatic carbocycles. The maximum atomic E-state index is 11.5. The first-order chi connectivity index (χ1) is 9.22. The Morgan fingerprint density at radius 3 is 2.74 bits per heavy atom. The van der Waals surface area contributed by atoms with Crippen LogP contribution in [0, 0.1) is 0 Å². The van der Waals surface area contributed by atoms with Gasteiger partial charge < -0.3 is 9.67 Å². The Balaban J connectivity index is 2.25. The molecule has 1 heterocycles. The molecule has 5 heteroatoms. The highest BCUT2D eigenvalue weighted by atomic mass is 16.4. The van der Waals surface area contributed by atoms with Gasteiger partial charge >= 0.3 is 5.97 Å². The van der Waals surface area contributed by atoms with Gasteiger partial charge in [0.25, 0.3) is 0 Å². The predicted molar refractivity (Wildman–Crippen MR) is 70.8 cm³/mol.